The van der Waals surface area contributed by atoms with E-state index in [2.05, 4.69) is 22.9 Å². The van der Waals surface area contributed by atoms with Crippen LogP contribution in [0, 0.1) is 11.3 Å². The molecule has 0 bridgehead atoms. The Morgan fingerprint density at radius 2 is 2.00 bits per heavy atom. The molecule has 1 atom stereocenters. The first kappa shape index (κ1) is 10.5. The van der Waals surface area contributed by atoms with Gasteiger partial charge < -0.3 is 5.41 Å². The van der Waals surface area contributed by atoms with E-state index in [-0.39, 0.29) is 0 Å². The standard InChI is InChI=1S/C11H14BrN/c1-9(7-8-12)11(13)10-5-3-2-4-6-10/h2-6,9,13H,7-8H2,1H3. The average molecular weight is 240 g/mol. The first-order chi connectivity index (χ1) is 6.25. The number of alkyl halides is 1. The molecule has 1 rings (SSSR count). The van der Waals surface area contributed by atoms with Crippen LogP contribution in [0.4, 0.5) is 0 Å². The first-order valence-electron chi connectivity index (χ1n) is 4.45. The zero-order valence-corrected chi connectivity index (χ0v) is 9.34. The monoisotopic (exact) mass is 239 g/mol. The second kappa shape index (κ2) is 5.18. The topological polar surface area (TPSA) is 23.9 Å². The highest BCUT2D eigenvalue weighted by Crippen LogP contribution is 2.12. The first-order valence-corrected chi connectivity index (χ1v) is 5.57. The van der Waals surface area contributed by atoms with Crippen molar-refractivity contribution in [1.29, 1.82) is 5.41 Å². The largest absolute Gasteiger partial charge is 0.304 e. The van der Waals surface area contributed by atoms with Gasteiger partial charge in [0, 0.05) is 11.0 Å². The highest BCUT2D eigenvalue weighted by molar-refractivity contribution is 9.09. The van der Waals surface area contributed by atoms with E-state index in [9.17, 15) is 0 Å². The molecule has 0 aliphatic rings. The van der Waals surface area contributed by atoms with Gasteiger partial charge >= 0.3 is 0 Å². The van der Waals surface area contributed by atoms with Crippen molar-refractivity contribution < 1.29 is 0 Å². The molecule has 2 heteroatoms. The molecule has 0 saturated heterocycles. The Labute approximate surface area is 87.8 Å². The molecule has 0 aromatic heterocycles. The van der Waals surface area contributed by atoms with Crippen LogP contribution in [0.1, 0.15) is 18.9 Å². The summed E-state index contributed by atoms with van der Waals surface area (Å²) in [7, 11) is 0. The predicted octanol–water partition coefficient (Wildman–Crippen LogP) is 3.48. The molecule has 0 heterocycles. The molecule has 0 spiro atoms. The molecule has 13 heavy (non-hydrogen) atoms. The van der Waals surface area contributed by atoms with Gasteiger partial charge in [0.25, 0.3) is 0 Å². The minimum Gasteiger partial charge on any atom is -0.304 e. The fourth-order valence-electron chi connectivity index (χ4n) is 1.21. The second-order valence-corrected chi connectivity index (χ2v) is 3.95. The quantitative estimate of drug-likeness (QED) is 0.615. The fraction of sp³-hybridized carbons (Fsp3) is 0.364. The van der Waals surface area contributed by atoms with Crippen LogP contribution in [0.2, 0.25) is 0 Å². The van der Waals surface area contributed by atoms with Gasteiger partial charge in [0.05, 0.1) is 0 Å². The molecule has 0 amide bonds. The van der Waals surface area contributed by atoms with Gasteiger partial charge in [-0.15, -0.1) is 0 Å². The van der Waals surface area contributed by atoms with Crippen molar-refractivity contribution in [3.8, 4) is 0 Å². The van der Waals surface area contributed by atoms with Crippen molar-refractivity contribution in [2.24, 2.45) is 5.92 Å². The van der Waals surface area contributed by atoms with Crippen LogP contribution in [0.15, 0.2) is 30.3 Å². The Morgan fingerprint density at radius 3 is 2.54 bits per heavy atom. The smallest absolute Gasteiger partial charge is 0.0414 e. The molecular formula is C11H14BrN. The Bertz CT molecular complexity index is 269. The van der Waals surface area contributed by atoms with Gasteiger partial charge in [0.15, 0.2) is 0 Å². The van der Waals surface area contributed by atoms with Crippen LogP contribution >= 0.6 is 15.9 Å². The summed E-state index contributed by atoms with van der Waals surface area (Å²) in [6.07, 6.45) is 1.02. The summed E-state index contributed by atoms with van der Waals surface area (Å²) in [5.74, 6) is 0.335. The van der Waals surface area contributed by atoms with Gasteiger partial charge in [0.1, 0.15) is 0 Å². The molecule has 1 unspecified atom stereocenters. The lowest BCUT2D eigenvalue weighted by atomic mass is 9.96. The van der Waals surface area contributed by atoms with Crippen molar-refractivity contribution >= 4 is 21.6 Å². The number of rotatable bonds is 4. The lowest BCUT2D eigenvalue weighted by molar-refractivity contribution is 0.747. The van der Waals surface area contributed by atoms with Crippen molar-refractivity contribution in [3.05, 3.63) is 35.9 Å². The molecule has 0 aliphatic heterocycles. The number of benzene rings is 1. The van der Waals surface area contributed by atoms with Crippen molar-refractivity contribution in [2.75, 3.05) is 5.33 Å². The van der Waals surface area contributed by atoms with E-state index < -0.39 is 0 Å². The number of hydrogen-bond acceptors (Lipinski definition) is 1. The highest BCUT2D eigenvalue weighted by Gasteiger charge is 2.09. The van der Waals surface area contributed by atoms with Crippen LogP contribution in [0.25, 0.3) is 0 Å². The van der Waals surface area contributed by atoms with Gasteiger partial charge in [-0.3, -0.25) is 0 Å². The molecule has 0 radical (unpaired) electrons. The Balaban J connectivity index is 2.68. The summed E-state index contributed by atoms with van der Waals surface area (Å²) in [5.41, 5.74) is 1.77. The number of halogens is 1. The minimum absolute atomic E-state index is 0.335. The molecule has 1 N–H and O–H groups in total. The van der Waals surface area contributed by atoms with Gasteiger partial charge in [0.2, 0.25) is 0 Å². The average Bonchev–Trinajstić information content (AvgIpc) is 2.18. The Hall–Kier alpha value is -0.630. The zero-order valence-electron chi connectivity index (χ0n) is 7.76. The van der Waals surface area contributed by atoms with Crippen LogP contribution in [-0.2, 0) is 0 Å². The van der Waals surface area contributed by atoms with E-state index in [1.54, 1.807) is 0 Å². The third-order valence-electron chi connectivity index (χ3n) is 2.12. The van der Waals surface area contributed by atoms with Gasteiger partial charge in [-0.25, -0.2) is 0 Å². The summed E-state index contributed by atoms with van der Waals surface area (Å²) < 4.78 is 0. The lowest BCUT2D eigenvalue weighted by Crippen LogP contribution is -2.11. The molecule has 1 nitrogen and oxygen atoms in total. The van der Waals surface area contributed by atoms with Gasteiger partial charge in [-0.2, -0.15) is 0 Å². The Morgan fingerprint density at radius 1 is 1.38 bits per heavy atom. The highest BCUT2D eigenvalue weighted by atomic mass is 79.9. The molecule has 0 saturated carbocycles. The SMILES string of the molecule is CC(CCBr)C(=N)c1ccccc1. The maximum absolute atomic E-state index is 7.92. The van der Waals surface area contributed by atoms with Crippen LogP contribution in [-0.4, -0.2) is 11.0 Å². The molecule has 1 aromatic carbocycles. The van der Waals surface area contributed by atoms with Crippen molar-refractivity contribution in [2.45, 2.75) is 13.3 Å². The summed E-state index contributed by atoms with van der Waals surface area (Å²) >= 11 is 3.39. The molecule has 0 fully saturated rings. The van der Waals surface area contributed by atoms with E-state index in [4.69, 9.17) is 5.41 Å². The minimum atomic E-state index is 0.335. The summed E-state index contributed by atoms with van der Waals surface area (Å²) in [6.45, 7) is 2.09. The van der Waals surface area contributed by atoms with Crippen molar-refractivity contribution in [1.82, 2.24) is 0 Å². The number of hydrogen-bond donors (Lipinski definition) is 1. The van der Waals surface area contributed by atoms with E-state index in [0.29, 0.717) is 5.92 Å². The van der Waals surface area contributed by atoms with Crippen LogP contribution < -0.4 is 0 Å². The van der Waals surface area contributed by atoms with E-state index >= 15 is 0 Å². The number of nitrogens with one attached hydrogen (secondary N) is 1. The third-order valence-corrected chi connectivity index (χ3v) is 2.58. The van der Waals surface area contributed by atoms with Crippen LogP contribution in [0.3, 0.4) is 0 Å². The summed E-state index contributed by atoms with van der Waals surface area (Å²) in [5, 5.41) is 8.88. The second-order valence-electron chi connectivity index (χ2n) is 3.16. The predicted molar refractivity (Wildman–Crippen MR) is 60.8 cm³/mol. The lowest BCUT2D eigenvalue weighted by Gasteiger charge is -2.11. The summed E-state index contributed by atoms with van der Waals surface area (Å²) in [4.78, 5) is 0. The Kier molecular flexibility index (Phi) is 4.16. The molecular weight excluding hydrogens is 226 g/mol. The molecule has 0 aliphatic carbocycles. The van der Waals surface area contributed by atoms with E-state index in [1.165, 1.54) is 0 Å². The van der Waals surface area contributed by atoms with E-state index in [0.717, 1.165) is 23.0 Å². The molecule has 1 aromatic rings. The maximum Gasteiger partial charge on any atom is 0.0414 e. The normalized spacial score (nSPS) is 12.5. The van der Waals surface area contributed by atoms with Gasteiger partial charge in [-0.05, 0) is 17.9 Å². The molecule has 70 valence electrons. The van der Waals surface area contributed by atoms with E-state index in [1.807, 2.05) is 30.3 Å². The van der Waals surface area contributed by atoms with Gasteiger partial charge in [-0.1, -0.05) is 53.2 Å². The van der Waals surface area contributed by atoms with Crippen molar-refractivity contribution in [3.63, 3.8) is 0 Å². The van der Waals surface area contributed by atoms with Crippen LogP contribution in [0.5, 0.6) is 0 Å². The zero-order chi connectivity index (χ0) is 9.68. The maximum atomic E-state index is 7.92. The third kappa shape index (κ3) is 2.96. The fourth-order valence-corrected chi connectivity index (χ4v) is 1.90. The summed E-state index contributed by atoms with van der Waals surface area (Å²) in [6, 6.07) is 9.92.